The summed E-state index contributed by atoms with van der Waals surface area (Å²) in [4.78, 5) is 25.5. The van der Waals surface area contributed by atoms with E-state index in [1.165, 1.54) is 13.2 Å². The quantitative estimate of drug-likeness (QED) is 0.0701. The number of esters is 2. The van der Waals surface area contributed by atoms with Crippen LogP contribution < -0.4 is 0 Å². The van der Waals surface area contributed by atoms with E-state index >= 15 is 0 Å². The number of rotatable bonds is 15. The van der Waals surface area contributed by atoms with Crippen LogP contribution in [0, 0.1) is 5.41 Å². The molecule has 1 saturated heterocycles. The molecule has 1 heterocycles. The van der Waals surface area contributed by atoms with Crippen LogP contribution in [0.3, 0.4) is 0 Å². The maximum Gasteiger partial charge on any atom is 0.330 e. The molecular formula is C30H54O7Si. The number of carbonyl (C=O) groups excluding carboxylic acids is 2. The number of hydrogen-bond donors (Lipinski definition) is 0. The Hall–Kier alpha value is -1.48. The highest BCUT2D eigenvalue weighted by Crippen LogP contribution is 2.49. The van der Waals surface area contributed by atoms with Crippen molar-refractivity contribution in [2.75, 3.05) is 20.8 Å². The van der Waals surface area contributed by atoms with Crippen LogP contribution in [0.25, 0.3) is 0 Å². The molecule has 220 valence electrons. The molecule has 0 saturated carbocycles. The zero-order valence-corrected chi connectivity index (χ0v) is 26.7. The van der Waals surface area contributed by atoms with Crippen molar-refractivity contribution < 1.29 is 33.0 Å². The van der Waals surface area contributed by atoms with Crippen LogP contribution in [0.15, 0.2) is 24.3 Å². The van der Waals surface area contributed by atoms with Crippen molar-refractivity contribution in [1.29, 1.82) is 0 Å². The first-order valence-electron chi connectivity index (χ1n) is 14.1. The molecule has 1 unspecified atom stereocenters. The van der Waals surface area contributed by atoms with Crippen LogP contribution in [-0.4, -0.2) is 59.1 Å². The Morgan fingerprint density at radius 2 is 1.74 bits per heavy atom. The van der Waals surface area contributed by atoms with E-state index in [0.717, 1.165) is 32.1 Å². The highest BCUT2D eigenvalue weighted by molar-refractivity contribution is 6.74. The highest BCUT2D eigenvalue weighted by Gasteiger charge is 2.60. The van der Waals surface area contributed by atoms with Crippen molar-refractivity contribution in [3.63, 3.8) is 0 Å². The fourth-order valence-electron chi connectivity index (χ4n) is 4.47. The summed E-state index contributed by atoms with van der Waals surface area (Å²) < 4.78 is 30.6. The third-order valence-electron chi connectivity index (χ3n) is 8.00. The topological polar surface area (TPSA) is 80.3 Å². The third kappa shape index (κ3) is 9.03. The molecule has 0 amide bonds. The average Bonchev–Trinajstić information content (AvgIpc) is 2.83. The Labute approximate surface area is 232 Å². The van der Waals surface area contributed by atoms with Gasteiger partial charge in [0, 0.05) is 31.6 Å². The standard InChI is InChI=1S/C30H54O7Si/c1-12-14-15-16-17-19-25(31)36-27-23(21-26(32)33-8)20-24(18-13-2)37-30(27,34-9)29(6,7)22-35-38(10,11)28(3,4)5/h13,21,24,27H,2,12,14-20,22H2,1,3-11H3/b23-21+/t24?,27-,30+/m0/s1. The van der Waals surface area contributed by atoms with Gasteiger partial charge in [0.25, 0.3) is 0 Å². The number of hydrogen-bond acceptors (Lipinski definition) is 7. The fraction of sp³-hybridized carbons (Fsp3) is 0.800. The van der Waals surface area contributed by atoms with Crippen LogP contribution >= 0.6 is 0 Å². The largest absolute Gasteiger partial charge is 0.466 e. The maximum atomic E-state index is 13.1. The van der Waals surface area contributed by atoms with Crippen molar-refractivity contribution in [2.45, 2.75) is 129 Å². The minimum absolute atomic E-state index is 0.0156. The molecule has 0 spiro atoms. The van der Waals surface area contributed by atoms with Crippen LogP contribution in [0.2, 0.25) is 18.1 Å². The Morgan fingerprint density at radius 1 is 1.11 bits per heavy atom. The van der Waals surface area contributed by atoms with Gasteiger partial charge in [-0.1, -0.05) is 73.3 Å². The first-order valence-corrected chi connectivity index (χ1v) is 17.0. The fourth-order valence-corrected chi connectivity index (χ4v) is 5.62. The molecular weight excluding hydrogens is 500 g/mol. The molecule has 0 aromatic heterocycles. The Kier molecular flexibility index (Phi) is 13.4. The molecule has 3 atom stereocenters. The van der Waals surface area contributed by atoms with Crippen molar-refractivity contribution in [3.8, 4) is 0 Å². The Balaban J connectivity index is 3.47. The van der Waals surface area contributed by atoms with Gasteiger partial charge < -0.3 is 23.4 Å². The third-order valence-corrected chi connectivity index (χ3v) is 12.5. The summed E-state index contributed by atoms with van der Waals surface area (Å²) in [5, 5.41) is 0.0156. The molecule has 0 aromatic rings. The van der Waals surface area contributed by atoms with Gasteiger partial charge in [0.05, 0.1) is 13.2 Å². The van der Waals surface area contributed by atoms with Crippen molar-refractivity contribution in [3.05, 3.63) is 24.3 Å². The first kappa shape index (κ1) is 34.5. The molecule has 0 aromatic carbocycles. The van der Waals surface area contributed by atoms with Crippen LogP contribution in [0.5, 0.6) is 0 Å². The Morgan fingerprint density at radius 3 is 2.26 bits per heavy atom. The minimum atomic E-state index is -2.11. The molecule has 1 aliphatic heterocycles. The Bertz CT molecular complexity index is 812. The molecule has 0 aliphatic carbocycles. The normalized spacial score (nSPS) is 23.8. The first-order chi connectivity index (χ1) is 17.6. The average molecular weight is 555 g/mol. The molecule has 1 rings (SSSR count). The van der Waals surface area contributed by atoms with E-state index in [0.29, 0.717) is 31.4 Å². The number of carbonyl (C=O) groups is 2. The second kappa shape index (κ2) is 14.8. The van der Waals surface area contributed by atoms with Crippen LogP contribution in [-0.2, 0) is 33.0 Å². The smallest absolute Gasteiger partial charge is 0.330 e. The summed E-state index contributed by atoms with van der Waals surface area (Å²) in [6, 6.07) is 0. The van der Waals surface area contributed by atoms with Gasteiger partial charge in [-0.15, -0.1) is 6.58 Å². The highest BCUT2D eigenvalue weighted by atomic mass is 28.4. The summed E-state index contributed by atoms with van der Waals surface area (Å²) in [5.41, 5.74) is -0.144. The maximum absolute atomic E-state index is 13.1. The summed E-state index contributed by atoms with van der Waals surface area (Å²) in [6.45, 7) is 21.3. The van der Waals surface area contributed by atoms with E-state index in [1.54, 1.807) is 13.2 Å². The van der Waals surface area contributed by atoms with Crippen LogP contribution in [0.4, 0.5) is 0 Å². The molecule has 1 aliphatic rings. The van der Waals surface area contributed by atoms with Crippen molar-refractivity contribution in [1.82, 2.24) is 0 Å². The SMILES string of the molecule is C=CCC1C/C(=C\C(=O)OC)[C@H](OC(=O)CCCCCCC)[C@](OC)(C(C)(C)CO[Si](C)(C)C(C)(C)C)O1. The lowest BCUT2D eigenvalue weighted by Gasteiger charge is -2.54. The van der Waals surface area contributed by atoms with Crippen molar-refractivity contribution >= 4 is 20.3 Å². The number of ether oxygens (including phenoxy) is 4. The summed E-state index contributed by atoms with van der Waals surface area (Å²) >= 11 is 0. The van der Waals surface area contributed by atoms with Gasteiger partial charge in [-0.25, -0.2) is 4.79 Å². The molecule has 38 heavy (non-hydrogen) atoms. The zero-order chi connectivity index (χ0) is 29.2. The van der Waals surface area contributed by atoms with E-state index in [-0.39, 0.29) is 17.1 Å². The number of unbranched alkanes of at least 4 members (excludes halogenated alkanes) is 4. The summed E-state index contributed by atoms with van der Waals surface area (Å²) in [6.07, 6.45) is 8.26. The summed E-state index contributed by atoms with van der Waals surface area (Å²) in [5.74, 6) is -2.24. The van der Waals surface area contributed by atoms with E-state index in [4.69, 9.17) is 23.4 Å². The van der Waals surface area contributed by atoms with E-state index in [9.17, 15) is 9.59 Å². The predicted molar refractivity (Wildman–Crippen MR) is 154 cm³/mol. The minimum Gasteiger partial charge on any atom is -0.466 e. The molecule has 8 heteroatoms. The monoisotopic (exact) mass is 554 g/mol. The zero-order valence-electron chi connectivity index (χ0n) is 25.7. The molecule has 0 radical (unpaired) electrons. The molecule has 7 nitrogen and oxygen atoms in total. The molecule has 0 bridgehead atoms. The van der Waals surface area contributed by atoms with Gasteiger partial charge in [0.1, 0.15) is 0 Å². The van der Waals surface area contributed by atoms with E-state index in [1.807, 2.05) is 13.8 Å². The second-order valence-electron chi connectivity index (χ2n) is 12.5. The van der Waals surface area contributed by atoms with E-state index in [2.05, 4.69) is 47.4 Å². The second-order valence-corrected chi connectivity index (χ2v) is 17.4. The molecule has 1 fully saturated rings. The summed E-state index contributed by atoms with van der Waals surface area (Å²) in [7, 11) is 0.781. The lowest BCUT2D eigenvalue weighted by atomic mass is 9.75. The van der Waals surface area contributed by atoms with Gasteiger partial charge in [0.15, 0.2) is 14.4 Å². The lowest BCUT2D eigenvalue weighted by Crippen LogP contribution is -2.65. The van der Waals surface area contributed by atoms with Gasteiger partial charge >= 0.3 is 11.9 Å². The lowest BCUT2D eigenvalue weighted by molar-refractivity contribution is -0.348. The van der Waals surface area contributed by atoms with Crippen molar-refractivity contribution in [2.24, 2.45) is 5.41 Å². The van der Waals surface area contributed by atoms with Crippen LogP contribution in [0.1, 0.15) is 92.9 Å². The van der Waals surface area contributed by atoms with Gasteiger partial charge in [-0.05, 0) is 43.0 Å². The van der Waals surface area contributed by atoms with Gasteiger partial charge in [0.2, 0.25) is 5.79 Å². The molecule has 0 N–H and O–H groups in total. The predicted octanol–water partition coefficient (Wildman–Crippen LogP) is 7.11. The van der Waals surface area contributed by atoms with Gasteiger partial charge in [-0.3, -0.25) is 4.79 Å². The number of methoxy groups -OCH3 is 2. The van der Waals surface area contributed by atoms with E-state index < -0.39 is 31.6 Å². The van der Waals surface area contributed by atoms with Gasteiger partial charge in [-0.2, -0.15) is 0 Å².